The van der Waals surface area contributed by atoms with E-state index >= 15 is 0 Å². The normalized spacial score (nSPS) is 10.5. The first-order valence-corrected chi connectivity index (χ1v) is 7.72. The Morgan fingerprint density at radius 3 is 2.41 bits per heavy atom. The van der Waals surface area contributed by atoms with Gasteiger partial charge in [0.2, 0.25) is 0 Å². The number of amides is 1. The first-order valence-electron chi connectivity index (χ1n) is 7.72. The van der Waals surface area contributed by atoms with Gasteiger partial charge in [0.15, 0.2) is 0 Å². The van der Waals surface area contributed by atoms with Crippen LogP contribution in [0, 0.1) is 5.92 Å². The van der Waals surface area contributed by atoms with Gasteiger partial charge in [-0.1, -0.05) is 38.1 Å². The van der Waals surface area contributed by atoms with Gasteiger partial charge in [-0.2, -0.15) is 0 Å². The largest absolute Gasteiger partial charge is 0.492 e. The average Bonchev–Trinajstić information content (AvgIpc) is 2.49. The van der Waals surface area contributed by atoms with E-state index in [1.165, 1.54) is 5.56 Å². The zero-order chi connectivity index (χ0) is 15.9. The lowest BCUT2D eigenvalue weighted by Crippen LogP contribution is -2.13. The number of carbonyl (C=O) groups is 1. The number of hydrogen-bond donors (Lipinski definition) is 1. The minimum atomic E-state index is -0.122. The molecule has 2 aromatic carbocycles. The van der Waals surface area contributed by atoms with Crippen molar-refractivity contribution in [3.05, 3.63) is 59.7 Å². The summed E-state index contributed by atoms with van der Waals surface area (Å²) in [5, 5.41) is 2.91. The molecule has 0 aromatic heterocycles. The van der Waals surface area contributed by atoms with E-state index in [-0.39, 0.29) is 5.91 Å². The Balaban J connectivity index is 2.09. The van der Waals surface area contributed by atoms with Gasteiger partial charge in [-0.25, -0.2) is 0 Å². The van der Waals surface area contributed by atoms with E-state index in [0.717, 1.165) is 6.42 Å². The van der Waals surface area contributed by atoms with Crippen molar-refractivity contribution >= 4 is 11.6 Å². The van der Waals surface area contributed by atoms with Crippen molar-refractivity contribution in [1.29, 1.82) is 0 Å². The van der Waals surface area contributed by atoms with Gasteiger partial charge in [0, 0.05) is 5.56 Å². The molecule has 0 aliphatic carbocycles. The molecule has 0 bridgehead atoms. The molecule has 0 radical (unpaired) electrons. The third kappa shape index (κ3) is 4.35. The molecule has 0 saturated heterocycles. The van der Waals surface area contributed by atoms with Crippen molar-refractivity contribution in [2.24, 2.45) is 5.92 Å². The summed E-state index contributed by atoms with van der Waals surface area (Å²) in [5.74, 6) is 1.18. The lowest BCUT2D eigenvalue weighted by Gasteiger charge is -2.11. The maximum Gasteiger partial charge on any atom is 0.255 e. The van der Waals surface area contributed by atoms with Crippen LogP contribution in [0.15, 0.2) is 48.5 Å². The smallest absolute Gasteiger partial charge is 0.255 e. The fraction of sp³-hybridized carbons (Fsp3) is 0.316. The van der Waals surface area contributed by atoms with Crippen LogP contribution in [-0.4, -0.2) is 12.5 Å². The van der Waals surface area contributed by atoms with Gasteiger partial charge in [-0.05, 0) is 49.1 Å². The maximum atomic E-state index is 12.3. The third-order valence-corrected chi connectivity index (χ3v) is 3.30. The van der Waals surface area contributed by atoms with Crippen molar-refractivity contribution in [2.75, 3.05) is 11.9 Å². The molecule has 0 aliphatic heterocycles. The van der Waals surface area contributed by atoms with Crippen molar-refractivity contribution in [2.45, 2.75) is 27.2 Å². The molecule has 0 saturated carbocycles. The number of hydrogen-bond acceptors (Lipinski definition) is 2. The molecule has 2 rings (SSSR count). The zero-order valence-corrected chi connectivity index (χ0v) is 13.4. The van der Waals surface area contributed by atoms with Crippen molar-refractivity contribution in [3.8, 4) is 5.75 Å². The molecular formula is C19H23NO2. The van der Waals surface area contributed by atoms with Gasteiger partial charge >= 0.3 is 0 Å². The third-order valence-electron chi connectivity index (χ3n) is 3.30. The second-order valence-corrected chi connectivity index (χ2v) is 5.68. The number of benzene rings is 2. The van der Waals surface area contributed by atoms with E-state index in [4.69, 9.17) is 4.74 Å². The fourth-order valence-electron chi connectivity index (χ4n) is 2.31. The van der Waals surface area contributed by atoms with Crippen molar-refractivity contribution in [3.63, 3.8) is 0 Å². The summed E-state index contributed by atoms with van der Waals surface area (Å²) < 4.78 is 5.52. The Labute approximate surface area is 132 Å². The molecule has 22 heavy (non-hydrogen) atoms. The fourth-order valence-corrected chi connectivity index (χ4v) is 2.31. The molecule has 1 N–H and O–H groups in total. The van der Waals surface area contributed by atoms with Crippen LogP contribution in [0.1, 0.15) is 36.7 Å². The van der Waals surface area contributed by atoms with E-state index in [2.05, 4.69) is 19.2 Å². The number of rotatable bonds is 6. The summed E-state index contributed by atoms with van der Waals surface area (Å²) in [6.07, 6.45) is 1.02. The molecular weight excluding hydrogens is 274 g/mol. The molecule has 0 unspecified atom stereocenters. The van der Waals surface area contributed by atoms with Crippen molar-refractivity contribution in [1.82, 2.24) is 0 Å². The summed E-state index contributed by atoms with van der Waals surface area (Å²) in [6, 6.07) is 15.2. The Hall–Kier alpha value is -2.29. The number of nitrogens with one attached hydrogen (secondary N) is 1. The highest BCUT2D eigenvalue weighted by Gasteiger charge is 2.09. The van der Waals surface area contributed by atoms with Crippen LogP contribution in [0.3, 0.4) is 0 Å². The van der Waals surface area contributed by atoms with Crippen LogP contribution in [-0.2, 0) is 6.42 Å². The highest BCUT2D eigenvalue weighted by atomic mass is 16.5. The van der Waals surface area contributed by atoms with Crippen LogP contribution >= 0.6 is 0 Å². The Bertz CT molecular complexity index is 618. The second kappa shape index (κ2) is 7.64. The number of carbonyl (C=O) groups excluding carboxylic acids is 1. The van der Waals surface area contributed by atoms with E-state index in [9.17, 15) is 4.79 Å². The summed E-state index contributed by atoms with van der Waals surface area (Å²) in [7, 11) is 0. The maximum absolute atomic E-state index is 12.3. The molecule has 0 aliphatic rings. The molecule has 3 nitrogen and oxygen atoms in total. The summed E-state index contributed by atoms with van der Waals surface area (Å²) >= 11 is 0. The van der Waals surface area contributed by atoms with Gasteiger partial charge in [0.05, 0.1) is 12.3 Å². The monoisotopic (exact) mass is 297 g/mol. The average molecular weight is 297 g/mol. The summed E-state index contributed by atoms with van der Waals surface area (Å²) in [5.41, 5.74) is 2.60. The quantitative estimate of drug-likeness (QED) is 0.850. The number of ether oxygens (including phenoxy) is 1. The zero-order valence-electron chi connectivity index (χ0n) is 13.4. The lowest BCUT2D eigenvalue weighted by atomic mass is 10.0. The first kappa shape index (κ1) is 16.1. The molecule has 2 aromatic rings. The molecule has 3 heteroatoms. The minimum Gasteiger partial charge on any atom is -0.492 e. The molecule has 0 fully saturated rings. The standard InChI is InChI=1S/C19H23NO2/c1-4-22-18-8-6-5-7-17(18)20-19(21)16-11-9-15(10-12-16)13-14(2)3/h5-12,14H,4,13H2,1-3H3,(H,20,21). The molecule has 0 atom stereocenters. The number of anilines is 1. The van der Waals surface area contributed by atoms with Crippen LogP contribution < -0.4 is 10.1 Å². The van der Waals surface area contributed by atoms with Gasteiger partial charge < -0.3 is 10.1 Å². The van der Waals surface area contributed by atoms with Gasteiger partial charge in [0.1, 0.15) is 5.75 Å². The van der Waals surface area contributed by atoms with Gasteiger partial charge in [-0.3, -0.25) is 4.79 Å². The van der Waals surface area contributed by atoms with Gasteiger partial charge in [-0.15, -0.1) is 0 Å². The van der Waals surface area contributed by atoms with Gasteiger partial charge in [0.25, 0.3) is 5.91 Å². The summed E-state index contributed by atoms with van der Waals surface area (Å²) in [6.45, 7) is 6.86. The summed E-state index contributed by atoms with van der Waals surface area (Å²) in [4.78, 5) is 12.3. The Morgan fingerprint density at radius 1 is 1.09 bits per heavy atom. The SMILES string of the molecule is CCOc1ccccc1NC(=O)c1ccc(CC(C)C)cc1. The topological polar surface area (TPSA) is 38.3 Å². The lowest BCUT2D eigenvalue weighted by molar-refractivity contribution is 0.102. The van der Waals surface area contributed by atoms with Crippen LogP contribution in [0.5, 0.6) is 5.75 Å². The Morgan fingerprint density at radius 2 is 1.77 bits per heavy atom. The second-order valence-electron chi connectivity index (χ2n) is 5.68. The van der Waals surface area contributed by atoms with Crippen LogP contribution in [0.25, 0.3) is 0 Å². The predicted molar refractivity (Wildman–Crippen MR) is 90.5 cm³/mol. The molecule has 0 heterocycles. The number of para-hydroxylation sites is 2. The van der Waals surface area contributed by atoms with Crippen LogP contribution in [0.2, 0.25) is 0 Å². The minimum absolute atomic E-state index is 0.122. The highest BCUT2D eigenvalue weighted by Crippen LogP contribution is 2.24. The van der Waals surface area contributed by atoms with Crippen LogP contribution in [0.4, 0.5) is 5.69 Å². The Kier molecular flexibility index (Phi) is 5.59. The molecule has 1 amide bonds. The highest BCUT2D eigenvalue weighted by molar-refractivity contribution is 6.05. The van der Waals surface area contributed by atoms with E-state index < -0.39 is 0 Å². The van der Waals surface area contributed by atoms with E-state index in [1.807, 2.05) is 55.5 Å². The molecule has 0 spiro atoms. The molecule has 116 valence electrons. The first-order chi connectivity index (χ1) is 10.6. The van der Waals surface area contributed by atoms with Crippen molar-refractivity contribution < 1.29 is 9.53 Å². The van der Waals surface area contributed by atoms with E-state index in [0.29, 0.717) is 29.5 Å². The predicted octanol–water partition coefficient (Wildman–Crippen LogP) is 4.54. The van der Waals surface area contributed by atoms with E-state index in [1.54, 1.807) is 0 Å².